The zero-order valence-electron chi connectivity index (χ0n) is 14.6. The second-order valence-corrected chi connectivity index (χ2v) is 7.16. The van der Waals surface area contributed by atoms with Gasteiger partial charge in [-0.05, 0) is 52.3 Å². The molecule has 0 N–H and O–H groups in total. The van der Waals surface area contributed by atoms with Gasteiger partial charge in [0.2, 0.25) is 0 Å². The minimum absolute atomic E-state index is 0.236. The molecule has 0 spiro atoms. The third-order valence-electron chi connectivity index (χ3n) is 4.89. The lowest BCUT2D eigenvalue weighted by Crippen LogP contribution is -2.07. The number of hydrogen-bond acceptors (Lipinski definition) is 0. The molecule has 0 fully saturated rings. The van der Waals surface area contributed by atoms with Gasteiger partial charge >= 0.3 is 6.18 Å². The lowest BCUT2D eigenvalue weighted by molar-refractivity contribution is -0.137. The summed E-state index contributed by atoms with van der Waals surface area (Å²) in [5, 5.41) is 4.12. The highest BCUT2D eigenvalue weighted by Crippen LogP contribution is 2.35. The van der Waals surface area contributed by atoms with E-state index in [1.54, 1.807) is 6.07 Å². The van der Waals surface area contributed by atoms with E-state index in [1.807, 2.05) is 54.6 Å². The summed E-state index contributed by atoms with van der Waals surface area (Å²) < 4.78 is 39.6. The molecule has 136 valence electrons. The second-order valence-electron chi connectivity index (χ2n) is 6.78. The summed E-state index contributed by atoms with van der Waals surface area (Å²) in [6.45, 7) is 1.49. The third kappa shape index (κ3) is 3.40. The first kappa shape index (κ1) is 17.9. The lowest BCUT2D eigenvalue weighted by atomic mass is 9.96. The third-order valence-corrected chi connectivity index (χ3v) is 5.34. The lowest BCUT2D eigenvalue weighted by Gasteiger charge is -2.13. The average molecular weight is 385 g/mol. The number of alkyl halides is 3. The van der Waals surface area contributed by atoms with Gasteiger partial charge in [0.25, 0.3) is 0 Å². The summed E-state index contributed by atoms with van der Waals surface area (Å²) in [4.78, 5) is 0. The summed E-state index contributed by atoms with van der Waals surface area (Å²) in [6.07, 6.45) is -3.79. The molecule has 0 heterocycles. The van der Waals surface area contributed by atoms with Crippen LogP contribution in [0.3, 0.4) is 0 Å². The van der Waals surface area contributed by atoms with E-state index < -0.39 is 11.7 Å². The maximum absolute atomic E-state index is 13.2. The van der Waals surface area contributed by atoms with E-state index in [2.05, 4.69) is 0 Å². The number of rotatable bonds is 2. The summed E-state index contributed by atoms with van der Waals surface area (Å²) in [5.41, 5.74) is 1.53. The molecule has 4 heteroatoms. The monoisotopic (exact) mass is 384 g/mol. The molecule has 0 bridgehead atoms. The zero-order chi connectivity index (χ0) is 19.2. The Bertz CT molecular complexity index is 1160. The maximum Gasteiger partial charge on any atom is 0.416 e. The van der Waals surface area contributed by atoms with Gasteiger partial charge in [-0.3, -0.25) is 0 Å². The van der Waals surface area contributed by atoms with Crippen LogP contribution < -0.4 is 0 Å². The van der Waals surface area contributed by atoms with Gasteiger partial charge in [-0.2, -0.15) is 13.2 Å². The summed E-state index contributed by atoms with van der Waals surface area (Å²) >= 11 is 6.57. The highest BCUT2D eigenvalue weighted by atomic mass is 35.5. The topological polar surface area (TPSA) is 0 Å². The number of halogens is 4. The Hall–Kier alpha value is -2.52. The SMILES string of the molecule is Cc1cc2ccc(Cc3ccc4ccccc4c3Cl)cc2cc1C(F)(F)F. The maximum atomic E-state index is 13.2. The van der Waals surface area contributed by atoms with Crippen LogP contribution in [0.1, 0.15) is 22.3 Å². The van der Waals surface area contributed by atoms with Gasteiger partial charge in [0, 0.05) is 5.39 Å². The fourth-order valence-electron chi connectivity index (χ4n) is 3.51. The average Bonchev–Trinajstić information content (AvgIpc) is 2.63. The number of aryl methyl sites for hydroxylation is 1. The van der Waals surface area contributed by atoms with Crippen molar-refractivity contribution in [3.63, 3.8) is 0 Å². The molecular formula is C23H16ClF3. The molecule has 0 saturated carbocycles. The van der Waals surface area contributed by atoms with Crippen LogP contribution in [-0.4, -0.2) is 0 Å². The van der Waals surface area contributed by atoms with Crippen molar-refractivity contribution < 1.29 is 13.2 Å². The number of hydrogen-bond donors (Lipinski definition) is 0. The molecule has 0 saturated heterocycles. The summed E-state index contributed by atoms with van der Waals surface area (Å²) in [5.74, 6) is 0. The Balaban J connectivity index is 1.76. The van der Waals surface area contributed by atoms with Crippen molar-refractivity contribution >= 4 is 33.1 Å². The normalized spacial score (nSPS) is 12.0. The van der Waals surface area contributed by atoms with E-state index in [4.69, 9.17) is 11.6 Å². The Morgan fingerprint density at radius 2 is 1.56 bits per heavy atom. The predicted molar refractivity (Wildman–Crippen MR) is 105 cm³/mol. The van der Waals surface area contributed by atoms with Crippen LogP contribution in [0.15, 0.2) is 66.7 Å². The van der Waals surface area contributed by atoms with Gasteiger partial charge in [0.05, 0.1) is 10.6 Å². The predicted octanol–water partition coefficient (Wildman–Crippen LogP) is 7.56. The van der Waals surface area contributed by atoms with Crippen molar-refractivity contribution in [3.05, 3.63) is 94.0 Å². The largest absolute Gasteiger partial charge is 0.416 e. The zero-order valence-corrected chi connectivity index (χ0v) is 15.3. The van der Waals surface area contributed by atoms with Crippen LogP contribution in [0.25, 0.3) is 21.5 Å². The molecule has 0 aliphatic carbocycles. The van der Waals surface area contributed by atoms with Gasteiger partial charge < -0.3 is 0 Å². The molecule has 0 nitrogen and oxygen atoms in total. The molecule has 4 rings (SSSR count). The van der Waals surface area contributed by atoms with Crippen molar-refractivity contribution in [2.45, 2.75) is 19.5 Å². The molecule has 4 aromatic carbocycles. The molecular weight excluding hydrogens is 369 g/mol. The van der Waals surface area contributed by atoms with Crippen molar-refractivity contribution in [1.82, 2.24) is 0 Å². The van der Waals surface area contributed by atoms with Crippen molar-refractivity contribution in [3.8, 4) is 0 Å². The van der Waals surface area contributed by atoms with E-state index >= 15 is 0 Å². The van der Waals surface area contributed by atoms with Crippen LogP contribution in [0, 0.1) is 6.92 Å². The van der Waals surface area contributed by atoms with E-state index in [0.29, 0.717) is 16.8 Å². The van der Waals surface area contributed by atoms with Crippen LogP contribution in [0.4, 0.5) is 13.2 Å². The van der Waals surface area contributed by atoms with Gasteiger partial charge in [0.15, 0.2) is 0 Å². The van der Waals surface area contributed by atoms with Crippen molar-refractivity contribution in [1.29, 1.82) is 0 Å². The van der Waals surface area contributed by atoms with Gasteiger partial charge in [-0.1, -0.05) is 72.3 Å². The van der Waals surface area contributed by atoms with Crippen molar-refractivity contribution in [2.75, 3.05) is 0 Å². The first-order valence-corrected chi connectivity index (χ1v) is 8.97. The fraction of sp³-hybridized carbons (Fsp3) is 0.130. The van der Waals surface area contributed by atoms with E-state index in [1.165, 1.54) is 13.0 Å². The molecule has 0 aromatic heterocycles. The van der Waals surface area contributed by atoms with Crippen LogP contribution in [0.2, 0.25) is 5.02 Å². The molecule has 4 aromatic rings. The molecule has 27 heavy (non-hydrogen) atoms. The fourth-order valence-corrected chi connectivity index (χ4v) is 3.81. The van der Waals surface area contributed by atoms with Gasteiger partial charge in [0.1, 0.15) is 0 Å². The smallest absolute Gasteiger partial charge is 0.166 e. The van der Waals surface area contributed by atoms with E-state index in [9.17, 15) is 13.2 Å². The molecule has 0 unspecified atom stereocenters. The van der Waals surface area contributed by atoms with E-state index in [-0.39, 0.29) is 5.56 Å². The summed E-state index contributed by atoms with van der Waals surface area (Å²) in [7, 11) is 0. The van der Waals surface area contributed by atoms with Crippen LogP contribution in [0.5, 0.6) is 0 Å². The molecule has 0 radical (unpaired) electrons. The molecule has 0 atom stereocenters. The minimum Gasteiger partial charge on any atom is -0.166 e. The Morgan fingerprint density at radius 3 is 2.33 bits per heavy atom. The van der Waals surface area contributed by atoms with Crippen LogP contribution >= 0.6 is 11.6 Å². The van der Waals surface area contributed by atoms with E-state index in [0.717, 1.165) is 27.3 Å². The molecule has 0 aliphatic rings. The molecule has 0 aliphatic heterocycles. The van der Waals surface area contributed by atoms with Gasteiger partial charge in [-0.15, -0.1) is 0 Å². The second kappa shape index (κ2) is 6.58. The number of benzene rings is 4. The van der Waals surface area contributed by atoms with Gasteiger partial charge in [-0.25, -0.2) is 0 Å². The minimum atomic E-state index is -4.35. The first-order valence-electron chi connectivity index (χ1n) is 8.59. The number of fused-ring (bicyclic) bond motifs is 2. The summed E-state index contributed by atoms with van der Waals surface area (Å²) in [6, 6.07) is 20.3. The van der Waals surface area contributed by atoms with Crippen LogP contribution in [-0.2, 0) is 12.6 Å². The Morgan fingerprint density at radius 1 is 0.815 bits per heavy atom. The first-order chi connectivity index (χ1) is 12.8. The molecule has 0 amide bonds. The highest BCUT2D eigenvalue weighted by Gasteiger charge is 2.32. The standard InChI is InChI=1S/C23H16ClF3/c1-14-10-17-7-6-15(12-19(17)13-21(14)23(25,26)27)11-18-9-8-16-4-2-3-5-20(16)22(18)24/h2-10,12-13H,11H2,1H3. The quantitative estimate of drug-likeness (QED) is 0.334. The Labute approximate surface area is 160 Å². The highest BCUT2D eigenvalue weighted by molar-refractivity contribution is 6.36. The van der Waals surface area contributed by atoms with Crippen molar-refractivity contribution in [2.24, 2.45) is 0 Å². The Kier molecular flexibility index (Phi) is 4.35.